The maximum Gasteiger partial charge on any atom is 0.248 e. The van der Waals surface area contributed by atoms with Crippen LogP contribution in [0.4, 0.5) is 0 Å². The normalized spacial score (nSPS) is 36.2. The van der Waals surface area contributed by atoms with Crippen molar-refractivity contribution in [1.82, 2.24) is 14.7 Å². The minimum Gasteiger partial charge on any atom is -0.368 e. The van der Waals surface area contributed by atoms with Gasteiger partial charge in [-0.25, -0.2) is 0 Å². The summed E-state index contributed by atoms with van der Waals surface area (Å²) in [6, 6.07) is 0.0472. The Morgan fingerprint density at radius 3 is 2.65 bits per heavy atom. The third-order valence-electron chi connectivity index (χ3n) is 7.17. The third kappa shape index (κ3) is 3.38. The molecule has 4 rings (SSSR count). The largest absolute Gasteiger partial charge is 0.368 e. The first-order valence-electron chi connectivity index (χ1n) is 10.3. The summed E-state index contributed by atoms with van der Waals surface area (Å²) in [6.07, 6.45) is 7.03. The first-order valence-corrected chi connectivity index (χ1v) is 10.3. The summed E-state index contributed by atoms with van der Waals surface area (Å²) >= 11 is 0. The van der Waals surface area contributed by atoms with E-state index in [-0.39, 0.29) is 29.9 Å². The number of piperidine rings is 1. The van der Waals surface area contributed by atoms with Gasteiger partial charge in [0.05, 0.1) is 12.1 Å². The average Bonchev–Trinajstić information content (AvgIpc) is 3.29. The minimum atomic E-state index is 0.0472. The topological polar surface area (TPSA) is 53.1 Å². The summed E-state index contributed by atoms with van der Waals surface area (Å²) in [4.78, 5) is 31.4. The first-order chi connectivity index (χ1) is 12.5. The Bertz CT molecular complexity index is 563. The predicted molar refractivity (Wildman–Crippen MR) is 98.6 cm³/mol. The molecule has 3 heterocycles. The Kier molecular flexibility index (Phi) is 4.99. The SMILES string of the molecule is CN1CCCC(N2C[C@@H]3CN(C(=O)COC4CCCC4)C[C@]3(C)C2)C1=O. The van der Waals surface area contributed by atoms with Crippen molar-refractivity contribution in [3.63, 3.8) is 0 Å². The second kappa shape index (κ2) is 7.12. The van der Waals surface area contributed by atoms with E-state index >= 15 is 0 Å². The Hall–Kier alpha value is -1.14. The number of ether oxygens (including phenoxy) is 1. The lowest BCUT2D eigenvalue weighted by atomic mass is 9.83. The summed E-state index contributed by atoms with van der Waals surface area (Å²) < 4.78 is 5.82. The van der Waals surface area contributed by atoms with Crippen molar-refractivity contribution in [2.24, 2.45) is 11.3 Å². The van der Waals surface area contributed by atoms with Crippen molar-refractivity contribution in [2.45, 2.75) is 57.6 Å². The van der Waals surface area contributed by atoms with Gasteiger partial charge in [-0.05, 0) is 31.6 Å². The number of carbonyl (C=O) groups is 2. The van der Waals surface area contributed by atoms with Crippen molar-refractivity contribution >= 4 is 11.8 Å². The molecular formula is C20H33N3O3. The Balaban J connectivity index is 1.31. The van der Waals surface area contributed by atoms with E-state index in [9.17, 15) is 9.59 Å². The van der Waals surface area contributed by atoms with Crippen molar-refractivity contribution in [2.75, 3.05) is 46.4 Å². The molecule has 0 aromatic heterocycles. The summed E-state index contributed by atoms with van der Waals surface area (Å²) in [5.74, 6) is 0.892. The van der Waals surface area contributed by atoms with E-state index in [1.807, 2.05) is 16.8 Å². The van der Waals surface area contributed by atoms with E-state index in [0.717, 1.165) is 58.4 Å². The molecule has 3 aliphatic heterocycles. The number of hydrogen-bond donors (Lipinski definition) is 0. The highest BCUT2D eigenvalue weighted by Crippen LogP contribution is 2.43. The first kappa shape index (κ1) is 18.2. The quantitative estimate of drug-likeness (QED) is 0.757. The van der Waals surface area contributed by atoms with E-state index in [0.29, 0.717) is 12.0 Å². The maximum atomic E-state index is 12.6. The van der Waals surface area contributed by atoms with Crippen LogP contribution in [0.15, 0.2) is 0 Å². The van der Waals surface area contributed by atoms with Crippen LogP contribution in [0.3, 0.4) is 0 Å². The van der Waals surface area contributed by atoms with Gasteiger partial charge in [-0.3, -0.25) is 14.5 Å². The van der Waals surface area contributed by atoms with E-state index in [1.165, 1.54) is 12.8 Å². The van der Waals surface area contributed by atoms with Crippen LogP contribution in [-0.4, -0.2) is 85.0 Å². The molecule has 3 atom stereocenters. The molecule has 0 spiro atoms. The molecule has 1 saturated carbocycles. The lowest BCUT2D eigenvalue weighted by Crippen LogP contribution is -2.51. The number of carbonyl (C=O) groups excluding carboxylic acids is 2. The van der Waals surface area contributed by atoms with E-state index in [4.69, 9.17) is 4.74 Å². The highest BCUT2D eigenvalue weighted by atomic mass is 16.5. The van der Waals surface area contributed by atoms with Crippen LogP contribution in [0, 0.1) is 11.3 Å². The third-order valence-corrected chi connectivity index (χ3v) is 7.17. The molecule has 0 aromatic carbocycles. The van der Waals surface area contributed by atoms with Gasteiger partial charge in [0.1, 0.15) is 6.61 Å². The molecule has 0 N–H and O–H groups in total. The molecule has 4 aliphatic rings. The number of amides is 2. The molecule has 3 saturated heterocycles. The van der Waals surface area contributed by atoms with E-state index < -0.39 is 0 Å². The van der Waals surface area contributed by atoms with Gasteiger partial charge < -0.3 is 14.5 Å². The van der Waals surface area contributed by atoms with Gasteiger partial charge in [-0.1, -0.05) is 19.8 Å². The number of rotatable bonds is 4. The number of fused-ring (bicyclic) bond motifs is 1. The van der Waals surface area contributed by atoms with Gasteiger partial charge in [0.25, 0.3) is 0 Å². The number of nitrogens with zero attached hydrogens (tertiary/aromatic N) is 3. The van der Waals surface area contributed by atoms with E-state index in [2.05, 4.69) is 11.8 Å². The van der Waals surface area contributed by atoms with Crippen molar-refractivity contribution in [3.8, 4) is 0 Å². The molecule has 26 heavy (non-hydrogen) atoms. The standard InChI is InChI=1S/C20H33N3O3/c1-20-13-22(17-8-5-9-21(2)19(17)25)10-15(20)11-23(14-20)18(24)12-26-16-6-3-4-7-16/h15-17H,3-14H2,1-2H3/t15-,17?,20+/m1/s1. The van der Waals surface area contributed by atoms with Crippen molar-refractivity contribution in [1.29, 1.82) is 0 Å². The average molecular weight is 364 g/mol. The lowest BCUT2D eigenvalue weighted by molar-refractivity contribution is -0.140. The molecule has 0 radical (unpaired) electrons. The molecule has 1 unspecified atom stereocenters. The number of hydrogen-bond acceptors (Lipinski definition) is 4. The zero-order valence-electron chi connectivity index (χ0n) is 16.3. The minimum absolute atomic E-state index is 0.0472. The van der Waals surface area contributed by atoms with Crippen LogP contribution in [-0.2, 0) is 14.3 Å². The Morgan fingerprint density at radius 1 is 1.15 bits per heavy atom. The van der Waals surface area contributed by atoms with Crippen LogP contribution in [0.2, 0.25) is 0 Å². The Labute approximate surface area is 156 Å². The highest BCUT2D eigenvalue weighted by molar-refractivity contribution is 5.82. The molecule has 0 aromatic rings. The Morgan fingerprint density at radius 2 is 1.92 bits per heavy atom. The number of likely N-dealkylation sites (tertiary alicyclic amines) is 3. The van der Waals surface area contributed by atoms with Gasteiger partial charge in [0, 0.05) is 45.2 Å². The molecule has 2 amide bonds. The monoisotopic (exact) mass is 363 g/mol. The smallest absolute Gasteiger partial charge is 0.248 e. The van der Waals surface area contributed by atoms with Gasteiger partial charge >= 0.3 is 0 Å². The van der Waals surface area contributed by atoms with Gasteiger partial charge in [-0.15, -0.1) is 0 Å². The zero-order valence-corrected chi connectivity index (χ0v) is 16.3. The number of likely N-dealkylation sites (N-methyl/N-ethyl adjacent to an activating group) is 1. The second-order valence-corrected chi connectivity index (χ2v) is 9.19. The van der Waals surface area contributed by atoms with Crippen LogP contribution in [0.1, 0.15) is 45.4 Å². The van der Waals surface area contributed by atoms with Crippen LogP contribution in [0.25, 0.3) is 0 Å². The van der Waals surface area contributed by atoms with Gasteiger partial charge in [0.2, 0.25) is 11.8 Å². The fourth-order valence-electron chi connectivity index (χ4n) is 5.50. The predicted octanol–water partition coefficient (Wildman–Crippen LogP) is 1.35. The molecule has 6 heteroatoms. The van der Waals surface area contributed by atoms with Crippen LogP contribution >= 0.6 is 0 Å². The maximum absolute atomic E-state index is 12.6. The highest BCUT2D eigenvalue weighted by Gasteiger charge is 2.52. The summed E-state index contributed by atoms with van der Waals surface area (Å²) in [5.41, 5.74) is 0.110. The summed E-state index contributed by atoms with van der Waals surface area (Å²) in [5, 5.41) is 0. The van der Waals surface area contributed by atoms with Crippen LogP contribution in [0.5, 0.6) is 0 Å². The second-order valence-electron chi connectivity index (χ2n) is 9.19. The summed E-state index contributed by atoms with van der Waals surface area (Å²) in [7, 11) is 1.91. The van der Waals surface area contributed by atoms with Crippen LogP contribution < -0.4 is 0 Å². The molecule has 146 valence electrons. The fraction of sp³-hybridized carbons (Fsp3) is 0.900. The molecule has 1 aliphatic carbocycles. The summed E-state index contributed by atoms with van der Waals surface area (Å²) in [6.45, 7) is 6.90. The zero-order chi connectivity index (χ0) is 18.3. The molecular weight excluding hydrogens is 330 g/mol. The van der Waals surface area contributed by atoms with Gasteiger partial charge in [0.15, 0.2) is 0 Å². The lowest BCUT2D eigenvalue weighted by Gasteiger charge is -2.36. The van der Waals surface area contributed by atoms with Gasteiger partial charge in [-0.2, -0.15) is 0 Å². The van der Waals surface area contributed by atoms with E-state index in [1.54, 1.807) is 0 Å². The molecule has 0 bridgehead atoms. The van der Waals surface area contributed by atoms with Crippen molar-refractivity contribution < 1.29 is 14.3 Å². The molecule has 4 fully saturated rings. The molecule has 6 nitrogen and oxygen atoms in total. The fourth-order valence-corrected chi connectivity index (χ4v) is 5.50. The van der Waals surface area contributed by atoms with Crippen molar-refractivity contribution in [3.05, 3.63) is 0 Å².